The summed E-state index contributed by atoms with van der Waals surface area (Å²) in [6, 6.07) is 14.4. The van der Waals surface area contributed by atoms with E-state index >= 15 is 0 Å². The summed E-state index contributed by atoms with van der Waals surface area (Å²) in [6.07, 6.45) is -2.35. The highest BCUT2D eigenvalue weighted by Gasteiger charge is 2.30. The number of nitriles is 1. The quantitative estimate of drug-likeness (QED) is 0.522. The summed E-state index contributed by atoms with van der Waals surface area (Å²) in [6.45, 7) is 0. The zero-order chi connectivity index (χ0) is 18.7. The number of hydrogen-bond donors (Lipinski definition) is 0. The first kappa shape index (κ1) is 17.8. The highest BCUT2D eigenvalue weighted by Crippen LogP contribution is 2.30. The van der Waals surface area contributed by atoms with Crippen molar-refractivity contribution in [2.45, 2.75) is 6.18 Å². The first-order chi connectivity index (χ1) is 12.4. The van der Waals surface area contributed by atoms with Gasteiger partial charge in [-0.05, 0) is 48.5 Å². The minimum atomic E-state index is -4.48. The van der Waals surface area contributed by atoms with Crippen molar-refractivity contribution in [3.63, 3.8) is 0 Å². The summed E-state index contributed by atoms with van der Waals surface area (Å²) in [4.78, 5) is 3.72. The SMILES string of the molecule is N#C/C(=C/c1ccc(-c2ccc(Cl)cc2)o1)c1ccc(C(F)(F)F)cn1. The van der Waals surface area contributed by atoms with Crippen LogP contribution in [0.1, 0.15) is 17.0 Å². The lowest BCUT2D eigenvalue weighted by molar-refractivity contribution is -0.137. The molecule has 0 aliphatic rings. The number of aromatic nitrogens is 1. The molecule has 7 heteroatoms. The number of alkyl halides is 3. The monoisotopic (exact) mass is 374 g/mol. The van der Waals surface area contributed by atoms with Crippen LogP contribution >= 0.6 is 11.6 Å². The van der Waals surface area contributed by atoms with Gasteiger partial charge >= 0.3 is 6.18 Å². The normalized spacial score (nSPS) is 12.0. The molecule has 0 amide bonds. The van der Waals surface area contributed by atoms with Gasteiger partial charge in [-0.15, -0.1) is 0 Å². The van der Waals surface area contributed by atoms with Crippen LogP contribution in [0.15, 0.2) is 59.1 Å². The predicted molar refractivity (Wildman–Crippen MR) is 91.9 cm³/mol. The number of furan rings is 1. The Morgan fingerprint density at radius 3 is 2.38 bits per heavy atom. The molecule has 0 bridgehead atoms. The van der Waals surface area contributed by atoms with Gasteiger partial charge in [0.1, 0.15) is 17.6 Å². The Hall–Kier alpha value is -3.04. The van der Waals surface area contributed by atoms with Crippen LogP contribution in [0.25, 0.3) is 23.0 Å². The number of halogens is 4. The molecule has 0 radical (unpaired) electrons. The average Bonchev–Trinajstić information content (AvgIpc) is 3.08. The molecule has 26 heavy (non-hydrogen) atoms. The highest BCUT2D eigenvalue weighted by atomic mass is 35.5. The van der Waals surface area contributed by atoms with Gasteiger partial charge in [0, 0.05) is 22.9 Å². The van der Waals surface area contributed by atoms with Crippen molar-refractivity contribution >= 4 is 23.3 Å². The molecule has 0 N–H and O–H groups in total. The van der Waals surface area contributed by atoms with Crippen LogP contribution in [0.5, 0.6) is 0 Å². The van der Waals surface area contributed by atoms with Crippen molar-refractivity contribution in [1.29, 1.82) is 5.26 Å². The van der Waals surface area contributed by atoms with E-state index < -0.39 is 11.7 Å². The molecule has 1 aromatic carbocycles. The van der Waals surface area contributed by atoms with E-state index in [1.165, 1.54) is 6.08 Å². The topological polar surface area (TPSA) is 49.8 Å². The van der Waals surface area contributed by atoms with E-state index in [4.69, 9.17) is 16.0 Å². The van der Waals surface area contributed by atoms with Gasteiger partial charge in [-0.25, -0.2) is 0 Å². The second-order valence-corrected chi connectivity index (χ2v) is 5.75. The summed E-state index contributed by atoms with van der Waals surface area (Å²) in [5.41, 5.74) is 0.155. The van der Waals surface area contributed by atoms with Gasteiger partial charge in [-0.1, -0.05) is 11.6 Å². The third-order valence-corrected chi connectivity index (χ3v) is 3.78. The van der Waals surface area contributed by atoms with Crippen LogP contribution in [-0.4, -0.2) is 4.98 Å². The summed E-state index contributed by atoms with van der Waals surface area (Å²) < 4.78 is 43.4. The van der Waals surface area contributed by atoms with Crippen molar-refractivity contribution in [3.05, 3.63) is 76.8 Å². The van der Waals surface area contributed by atoms with Crippen LogP contribution in [-0.2, 0) is 6.18 Å². The lowest BCUT2D eigenvalue weighted by Gasteiger charge is -2.06. The molecule has 3 aromatic rings. The number of rotatable bonds is 3. The zero-order valence-corrected chi connectivity index (χ0v) is 13.8. The first-order valence-electron chi connectivity index (χ1n) is 7.38. The number of benzene rings is 1. The van der Waals surface area contributed by atoms with Gasteiger partial charge in [0.15, 0.2) is 0 Å². The predicted octanol–water partition coefficient (Wildman–Crippen LogP) is 6.08. The highest BCUT2D eigenvalue weighted by molar-refractivity contribution is 6.30. The second kappa shape index (κ2) is 7.06. The lowest BCUT2D eigenvalue weighted by Crippen LogP contribution is -2.05. The molecular formula is C19H10ClF3N2O. The molecule has 0 atom stereocenters. The van der Waals surface area contributed by atoms with Crippen LogP contribution < -0.4 is 0 Å². The van der Waals surface area contributed by atoms with E-state index in [0.29, 0.717) is 22.7 Å². The minimum absolute atomic E-state index is 0.0933. The summed E-state index contributed by atoms with van der Waals surface area (Å²) in [5, 5.41) is 9.89. The molecule has 0 aliphatic carbocycles. The van der Waals surface area contributed by atoms with Crippen molar-refractivity contribution in [1.82, 2.24) is 4.98 Å². The number of hydrogen-bond acceptors (Lipinski definition) is 3. The van der Waals surface area contributed by atoms with Gasteiger partial charge in [0.05, 0.1) is 16.8 Å². The molecule has 3 rings (SSSR count). The number of nitrogens with zero attached hydrogens (tertiary/aromatic N) is 2. The third-order valence-electron chi connectivity index (χ3n) is 3.53. The van der Waals surface area contributed by atoms with E-state index in [9.17, 15) is 18.4 Å². The fourth-order valence-electron chi connectivity index (χ4n) is 2.23. The van der Waals surface area contributed by atoms with Gasteiger partial charge in [0.25, 0.3) is 0 Å². The molecule has 2 aromatic heterocycles. The van der Waals surface area contributed by atoms with Crippen molar-refractivity contribution in [3.8, 4) is 17.4 Å². The molecule has 0 unspecified atom stereocenters. The molecule has 130 valence electrons. The molecule has 3 nitrogen and oxygen atoms in total. The second-order valence-electron chi connectivity index (χ2n) is 5.31. The molecular weight excluding hydrogens is 365 g/mol. The largest absolute Gasteiger partial charge is 0.457 e. The van der Waals surface area contributed by atoms with Crippen molar-refractivity contribution < 1.29 is 17.6 Å². The van der Waals surface area contributed by atoms with E-state index in [-0.39, 0.29) is 11.3 Å². The summed E-state index contributed by atoms with van der Waals surface area (Å²) >= 11 is 5.85. The summed E-state index contributed by atoms with van der Waals surface area (Å²) in [5.74, 6) is 0.957. The first-order valence-corrected chi connectivity index (χ1v) is 7.76. The summed E-state index contributed by atoms with van der Waals surface area (Å²) in [7, 11) is 0. The Kier molecular flexibility index (Phi) is 4.83. The standard InChI is InChI=1S/C19H10ClF3N2O/c20-15-4-1-12(2-5-15)18-8-6-16(26-18)9-13(10-24)17-7-3-14(11-25-17)19(21,22)23/h1-9,11H/b13-9-. The molecule has 0 saturated carbocycles. The molecule has 0 spiro atoms. The average molecular weight is 375 g/mol. The van der Waals surface area contributed by atoms with Crippen molar-refractivity contribution in [2.75, 3.05) is 0 Å². The maximum absolute atomic E-state index is 12.6. The maximum atomic E-state index is 12.6. The van der Waals surface area contributed by atoms with E-state index in [0.717, 1.165) is 17.7 Å². The van der Waals surface area contributed by atoms with Crippen molar-refractivity contribution in [2.24, 2.45) is 0 Å². The van der Waals surface area contributed by atoms with E-state index in [2.05, 4.69) is 4.98 Å². The van der Waals surface area contributed by atoms with Gasteiger partial charge in [0.2, 0.25) is 0 Å². The molecule has 0 fully saturated rings. The van der Waals surface area contributed by atoms with Gasteiger partial charge in [-0.3, -0.25) is 4.98 Å². The molecule has 0 saturated heterocycles. The molecule has 2 heterocycles. The van der Waals surface area contributed by atoms with Crippen LogP contribution in [0.3, 0.4) is 0 Å². The Labute approximate surface area is 152 Å². The Bertz CT molecular complexity index is 981. The van der Waals surface area contributed by atoms with Gasteiger partial charge < -0.3 is 4.42 Å². The zero-order valence-electron chi connectivity index (χ0n) is 13.1. The molecule has 0 aliphatic heterocycles. The smallest absolute Gasteiger partial charge is 0.417 e. The van der Waals surface area contributed by atoms with E-state index in [1.807, 2.05) is 6.07 Å². The third kappa shape index (κ3) is 3.95. The Balaban J connectivity index is 1.88. The van der Waals surface area contributed by atoms with E-state index in [1.54, 1.807) is 36.4 Å². The van der Waals surface area contributed by atoms with Gasteiger partial charge in [-0.2, -0.15) is 18.4 Å². The van der Waals surface area contributed by atoms with Crippen LogP contribution in [0, 0.1) is 11.3 Å². The number of allylic oxidation sites excluding steroid dienone is 1. The lowest BCUT2D eigenvalue weighted by atomic mass is 10.1. The Morgan fingerprint density at radius 2 is 1.81 bits per heavy atom. The Morgan fingerprint density at radius 1 is 1.08 bits per heavy atom. The number of pyridine rings is 1. The fraction of sp³-hybridized carbons (Fsp3) is 0.0526. The van der Waals surface area contributed by atoms with Crippen LogP contribution in [0.2, 0.25) is 5.02 Å². The fourth-order valence-corrected chi connectivity index (χ4v) is 2.35. The minimum Gasteiger partial charge on any atom is -0.457 e. The van der Waals surface area contributed by atoms with Crippen LogP contribution in [0.4, 0.5) is 13.2 Å². The maximum Gasteiger partial charge on any atom is 0.417 e.